The molecule has 6 heteroatoms. The Morgan fingerprint density at radius 1 is 1.00 bits per heavy atom. The first-order chi connectivity index (χ1) is 10.5. The summed E-state index contributed by atoms with van der Waals surface area (Å²) < 4.78 is 5.80. The summed E-state index contributed by atoms with van der Waals surface area (Å²) in [4.78, 5) is 4.25. The van der Waals surface area contributed by atoms with Crippen LogP contribution in [0.4, 0.5) is 0 Å². The van der Waals surface area contributed by atoms with E-state index in [-0.39, 0.29) is 5.84 Å². The van der Waals surface area contributed by atoms with Crippen molar-refractivity contribution in [3.8, 4) is 22.8 Å². The third kappa shape index (κ3) is 2.84. The second-order valence-corrected chi connectivity index (χ2v) is 5.45. The van der Waals surface area contributed by atoms with E-state index in [0.29, 0.717) is 32.8 Å². The molecule has 0 aliphatic carbocycles. The van der Waals surface area contributed by atoms with Crippen LogP contribution < -0.4 is 5.73 Å². The zero-order chi connectivity index (χ0) is 15.7. The fraction of sp³-hybridized carbons (Fsp3) is 0. The van der Waals surface area contributed by atoms with Crippen LogP contribution in [0.2, 0.25) is 10.0 Å². The molecule has 0 atom stereocenters. The number of pyridine rings is 1. The van der Waals surface area contributed by atoms with E-state index in [0.717, 1.165) is 5.56 Å². The Hall–Kier alpha value is -2.30. The third-order valence-electron chi connectivity index (χ3n) is 3.14. The zero-order valence-corrected chi connectivity index (χ0v) is 12.8. The van der Waals surface area contributed by atoms with Gasteiger partial charge < -0.3 is 10.2 Å². The summed E-state index contributed by atoms with van der Waals surface area (Å²) in [6.45, 7) is 0. The van der Waals surface area contributed by atoms with E-state index in [1.807, 2.05) is 18.2 Å². The number of hydrogen-bond acceptors (Lipinski definition) is 3. The summed E-state index contributed by atoms with van der Waals surface area (Å²) in [5.74, 6) is 1.28. The van der Waals surface area contributed by atoms with Gasteiger partial charge >= 0.3 is 0 Å². The van der Waals surface area contributed by atoms with Gasteiger partial charge in [-0.3, -0.25) is 10.4 Å². The number of hydrogen-bond donors (Lipinski definition) is 2. The van der Waals surface area contributed by atoms with E-state index in [4.69, 9.17) is 38.8 Å². The van der Waals surface area contributed by atoms with Crippen molar-refractivity contribution in [2.75, 3.05) is 0 Å². The van der Waals surface area contributed by atoms with Gasteiger partial charge in [0.15, 0.2) is 5.76 Å². The van der Waals surface area contributed by atoms with E-state index in [1.165, 1.54) is 0 Å². The Morgan fingerprint density at radius 3 is 2.41 bits per heavy atom. The van der Waals surface area contributed by atoms with E-state index in [9.17, 15) is 0 Å². The number of nitrogen functional groups attached to an aromatic ring is 1. The first kappa shape index (κ1) is 14.6. The molecule has 1 aromatic carbocycles. The molecule has 0 amide bonds. The molecule has 0 aliphatic heterocycles. The van der Waals surface area contributed by atoms with Crippen LogP contribution in [0.5, 0.6) is 0 Å². The minimum atomic E-state index is -0.0185. The van der Waals surface area contributed by atoms with Crippen molar-refractivity contribution < 1.29 is 4.42 Å². The first-order valence-electron chi connectivity index (χ1n) is 6.40. The fourth-order valence-corrected chi connectivity index (χ4v) is 2.28. The number of nitrogens with one attached hydrogen (secondary N) is 1. The molecule has 0 spiro atoms. The highest BCUT2D eigenvalue weighted by Crippen LogP contribution is 2.31. The first-order valence-corrected chi connectivity index (χ1v) is 7.16. The summed E-state index contributed by atoms with van der Waals surface area (Å²) in [6, 6.07) is 12.5. The largest absolute Gasteiger partial charge is 0.454 e. The van der Waals surface area contributed by atoms with Gasteiger partial charge in [-0.05, 0) is 42.5 Å². The van der Waals surface area contributed by atoms with Crippen molar-refractivity contribution in [3.63, 3.8) is 0 Å². The van der Waals surface area contributed by atoms with E-state index < -0.39 is 0 Å². The minimum Gasteiger partial charge on any atom is -0.454 e. The Morgan fingerprint density at radius 2 is 1.77 bits per heavy atom. The molecule has 0 radical (unpaired) electrons. The van der Waals surface area contributed by atoms with Gasteiger partial charge in [-0.25, -0.2) is 0 Å². The van der Waals surface area contributed by atoms with Crippen molar-refractivity contribution in [3.05, 3.63) is 64.3 Å². The predicted octanol–water partition coefficient (Wildman–Crippen LogP) is 4.60. The fourth-order valence-electron chi connectivity index (χ4n) is 1.98. The highest BCUT2D eigenvalue weighted by atomic mass is 35.5. The Labute approximate surface area is 137 Å². The quantitative estimate of drug-likeness (QED) is 0.544. The van der Waals surface area contributed by atoms with Gasteiger partial charge in [-0.2, -0.15) is 0 Å². The van der Waals surface area contributed by atoms with Gasteiger partial charge in [0, 0.05) is 17.3 Å². The molecule has 22 heavy (non-hydrogen) atoms. The van der Waals surface area contributed by atoms with Gasteiger partial charge in [0.1, 0.15) is 17.3 Å². The number of benzene rings is 1. The van der Waals surface area contributed by atoms with E-state index in [2.05, 4.69) is 4.98 Å². The summed E-state index contributed by atoms with van der Waals surface area (Å²) >= 11 is 11.9. The maximum absolute atomic E-state index is 7.36. The standard InChI is InChI=1S/C16H11Cl2N3O/c17-11-3-1-9(7-12(11)18)14-5-6-15(22-14)13-4-2-10(8-21-13)16(19)20/h1-8H,(H3,19,20). The molecule has 0 bridgehead atoms. The molecule has 0 saturated heterocycles. The molecular weight excluding hydrogens is 321 g/mol. The van der Waals surface area contributed by atoms with Crippen molar-refractivity contribution in [1.29, 1.82) is 5.41 Å². The molecule has 3 aromatic rings. The number of rotatable bonds is 3. The number of nitrogens with two attached hydrogens (primary N) is 1. The maximum Gasteiger partial charge on any atom is 0.153 e. The van der Waals surface area contributed by atoms with E-state index in [1.54, 1.807) is 30.5 Å². The topological polar surface area (TPSA) is 75.9 Å². The number of halogens is 2. The van der Waals surface area contributed by atoms with Crippen LogP contribution in [-0.2, 0) is 0 Å². The molecule has 3 rings (SSSR count). The molecule has 110 valence electrons. The Kier molecular flexibility index (Phi) is 3.88. The SMILES string of the molecule is N=C(N)c1ccc(-c2ccc(-c3ccc(Cl)c(Cl)c3)o2)nc1. The van der Waals surface area contributed by atoms with Crippen molar-refractivity contribution >= 4 is 29.0 Å². The molecule has 2 aromatic heterocycles. The number of nitrogens with zero attached hydrogens (tertiary/aromatic N) is 1. The second kappa shape index (κ2) is 5.83. The molecule has 0 unspecified atom stereocenters. The lowest BCUT2D eigenvalue weighted by Crippen LogP contribution is -2.11. The number of amidine groups is 1. The normalized spacial score (nSPS) is 10.6. The molecule has 3 N–H and O–H groups in total. The smallest absolute Gasteiger partial charge is 0.153 e. The van der Waals surface area contributed by atoms with E-state index >= 15 is 0 Å². The molecule has 2 heterocycles. The lowest BCUT2D eigenvalue weighted by atomic mass is 10.2. The van der Waals surface area contributed by atoms with Gasteiger partial charge in [0.25, 0.3) is 0 Å². The van der Waals surface area contributed by atoms with Crippen LogP contribution in [0.25, 0.3) is 22.8 Å². The van der Waals surface area contributed by atoms with Crippen LogP contribution in [0.15, 0.2) is 53.1 Å². The Bertz CT molecular complexity index is 841. The van der Waals surface area contributed by atoms with Crippen molar-refractivity contribution in [2.24, 2.45) is 5.73 Å². The highest BCUT2D eigenvalue weighted by Gasteiger charge is 2.10. The van der Waals surface area contributed by atoms with Crippen LogP contribution in [-0.4, -0.2) is 10.8 Å². The average molecular weight is 332 g/mol. The molecule has 0 saturated carbocycles. The molecule has 0 fully saturated rings. The van der Waals surface area contributed by atoms with Crippen molar-refractivity contribution in [1.82, 2.24) is 4.98 Å². The van der Waals surface area contributed by atoms with Crippen LogP contribution in [0.1, 0.15) is 5.56 Å². The summed E-state index contributed by atoms with van der Waals surface area (Å²) in [5.41, 5.74) is 7.47. The highest BCUT2D eigenvalue weighted by molar-refractivity contribution is 6.42. The predicted molar refractivity (Wildman–Crippen MR) is 88.4 cm³/mol. The van der Waals surface area contributed by atoms with Crippen LogP contribution >= 0.6 is 23.2 Å². The van der Waals surface area contributed by atoms with Gasteiger partial charge in [-0.15, -0.1) is 0 Å². The lowest BCUT2D eigenvalue weighted by molar-refractivity contribution is 0.595. The summed E-state index contributed by atoms with van der Waals surface area (Å²) in [6.07, 6.45) is 1.54. The lowest BCUT2D eigenvalue weighted by Gasteiger charge is -2.01. The second-order valence-electron chi connectivity index (χ2n) is 4.64. The average Bonchev–Trinajstić information content (AvgIpc) is 3.00. The monoisotopic (exact) mass is 331 g/mol. The molecule has 4 nitrogen and oxygen atoms in total. The third-order valence-corrected chi connectivity index (χ3v) is 3.88. The number of furan rings is 1. The van der Waals surface area contributed by atoms with Crippen LogP contribution in [0.3, 0.4) is 0 Å². The zero-order valence-electron chi connectivity index (χ0n) is 11.3. The Balaban J connectivity index is 1.93. The number of aromatic nitrogens is 1. The summed E-state index contributed by atoms with van der Waals surface area (Å²) in [7, 11) is 0. The summed E-state index contributed by atoms with van der Waals surface area (Å²) in [5, 5.41) is 8.33. The molecule has 0 aliphatic rings. The minimum absolute atomic E-state index is 0.0185. The van der Waals surface area contributed by atoms with Gasteiger partial charge in [0.05, 0.1) is 10.0 Å². The maximum atomic E-state index is 7.36. The molecular formula is C16H11Cl2N3O. The van der Waals surface area contributed by atoms with Gasteiger partial charge in [0.2, 0.25) is 0 Å². The van der Waals surface area contributed by atoms with Gasteiger partial charge in [-0.1, -0.05) is 23.2 Å². The van der Waals surface area contributed by atoms with Crippen LogP contribution in [0, 0.1) is 5.41 Å². The van der Waals surface area contributed by atoms with Crippen molar-refractivity contribution in [2.45, 2.75) is 0 Å².